The van der Waals surface area contributed by atoms with Crippen molar-refractivity contribution in [2.75, 3.05) is 0 Å². The average molecular weight is 376 g/mol. The second-order valence-corrected chi connectivity index (χ2v) is 9.17. The Morgan fingerprint density at radius 1 is 1.07 bits per heavy atom. The van der Waals surface area contributed by atoms with Gasteiger partial charge in [-0.15, -0.1) is 0 Å². The summed E-state index contributed by atoms with van der Waals surface area (Å²) in [5, 5.41) is 10.5. The molecule has 0 saturated heterocycles. The van der Waals surface area contributed by atoms with Crippen LogP contribution in [0.5, 0.6) is 5.75 Å². The van der Waals surface area contributed by atoms with Gasteiger partial charge in [0.15, 0.2) is 0 Å². The van der Waals surface area contributed by atoms with Gasteiger partial charge in [-0.1, -0.05) is 31.2 Å². The predicted octanol–water partition coefficient (Wildman–Crippen LogP) is 5.12. The lowest BCUT2D eigenvalue weighted by Crippen LogP contribution is -2.43. The molecule has 3 aliphatic rings. The molecule has 0 spiro atoms. The van der Waals surface area contributed by atoms with Gasteiger partial charge in [-0.3, -0.25) is 0 Å². The third-order valence-electron chi connectivity index (χ3n) is 7.87. The van der Waals surface area contributed by atoms with Crippen LogP contribution in [0.3, 0.4) is 0 Å². The number of ether oxygens (including phenoxy) is 1. The Balaban J connectivity index is 1.37. The summed E-state index contributed by atoms with van der Waals surface area (Å²) < 4.78 is 5.63. The molecular weight excluding hydrogens is 348 g/mol. The topological polar surface area (TPSA) is 46.5 Å². The summed E-state index contributed by atoms with van der Waals surface area (Å²) in [6.07, 6.45) is 6.50. The maximum Gasteiger partial charge on any atom is 0.343 e. The van der Waals surface area contributed by atoms with E-state index < -0.39 is 0 Å². The van der Waals surface area contributed by atoms with Gasteiger partial charge in [-0.2, -0.15) is 0 Å². The van der Waals surface area contributed by atoms with E-state index in [1.807, 2.05) is 24.3 Å². The third kappa shape index (κ3) is 2.79. The highest BCUT2D eigenvalue weighted by Crippen LogP contribution is 2.60. The van der Waals surface area contributed by atoms with Crippen LogP contribution in [0.4, 0.5) is 0 Å². The molecule has 146 valence electrons. The molecule has 3 aliphatic carbocycles. The molecule has 5 rings (SSSR count). The van der Waals surface area contributed by atoms with Crippen molar-refractivity contribution < 1.29 is 14.6 Å². The van der Waals surface area contributed by atoms with Crippen LogP contribution in [0.25, 0.3) is 0 Å². The summed E-state index contributed by atoms with van der Waals surface area (Å²) in [5.41, 5.74) is 3.47. The number of aliphatic hydroxyl groups excluding tert-OH is 1. The largest absolute Gasteiger partial charge is 0.423 e. The number of hydrogen-bond donors (Lipinski definition) is 1. The van der Waals surface area contributed by atoms with E-state index in [1.54, 1.807) is 12.1 Å². The van der Waals surface area contributed by atoms with E-state index in [1.165, 1.54) is 24.0 Å². The zero-order valence-corrected chi connectivity index (χ0v) is 16.4. The molecule has 0 bridgehead atoms. The van der Waals surface area contributed by atoms with E-state index in [2.05, 4.69) is 19.1 Å². The first-order chi connectivity index (χ1) is 13.6. The molecule has 5 atom stereocenters. The molecular formula is C25H28O3. The number of benzene rings is 2. The number of aliphatic hydroxyl groups is 1. The van der Waals surface area contributed by atoms with Crippen LogP contribution in [0.1, 0.15) is 66.4 Å². The van der Waals surface area contributed by atoms with E-state index in [0.29, 0.717) is 29.1 Å². The van der Waals surface area contributed by atoms with Crippen molar-refractivity contribution in [3.8, 4) is 5.75 Å². The lowest BCUT2D eigenvalue weighted by atomic mass is 9.55. The molecule has 0 aromatic heterocycles. The summed E-state index contributed by atoms with van der Waals surface area (Å²) in [4.78, 5) is 12.4. The fourth-order valence-corrected chi connectivity index (χ4v) is 6.33. The number of aryl methyl sites for hydroxylation is 1. The Hall–Kier alpha value is -2.13. The quantitative estimate of drug-likeness (QED) is 0.584. The smallest absolute Gasteiger partial charge is 0.343 e. The second-order valence-electron chi connectivity index (χ2n) is 9.17. The minimum absolute atomic E-state index is 0.115. The van der Waals surface area contributed by atoms with Crippen LogP contribution in [0.15, 0.2) is 48.5 Å². The first-order valence-electron chi connectivity index (χ1n) is 10.6. The van der Waals surface area contributed by atoms with Gasteiger partial charge in [0, 0.05) is 0 Å². The Bertz CT molecular complexity index is 890. The standard InChI is InChI=1S/C25H28O3/c1-25-14-13-20-19-10-8-18(28-24(27)16-5-3-2-4-6-16)15-17(19)7-9-21(20)22(25)11-12-23(25)26/h2-6,8,10,15,20-23,26H,7,9,11-14H2,1H3/t20-,21+,22+,23+,25-/m1/s1. The highest BCUT2D eigenvalue weighted by molar-refractivity contribution is 5.91. The van der Waals surface area contributed by atoms with Crippen molar-refractivity contribution in [3.63, 3.8) is 0 Å². The molecule has 3 heteroatoms. The summed E-state index contributed by atoms with van der Waals surface area (Å²) in [6.45, 7) is 2.31. The molecule has 1 N–H and O–H groups in total. The normalized spacial score (nSPS) is 33.5. The van der Waals surface area contributed by atoms with Crippen molar-refractivity contribution in [1.29, 1.82) is 0 Å². The van der Waals surface area contributed by atoms with E-state index >= 15 is 0 Å². The molecule has 2 fully saturated rings. The first kappa shape index (κ1) is 17.9. The first-order valence-corrected chi connectivity index (χ1v) is 10.6. The fourth-order valence-electron chi connectivity index (χ4n) is 6.33. The minimum atomic E-state index is -0.303. The second kappa shape index (κ2) is 6.73. The van der Waals surface area contributed by atoms with Crippen molar-refractivity contribution in [2.24, 2.45) is 17.3 Å². The summed E-state index contributed by atoms with van der Waals surface area (Å²) in [5.74, 6) is 2.25. The monoisotopic (exact) mass is 376 g/mol. The number of carbonyl (C=O) groups is 1. The molecule has 0 heterocycles. The molecule has 0 amide bonds. The van der Waals surface area contributed by atoms with Gasteiger partial charge in [0.2, 0.25) is 0 Å². The molecule has 0 aliphatic heterocycles. The Labute approximate surface area is 166 Å². The molecule has 28 heavy (non-hydrogen) atoms. The van der Waals surface area contributed by atoms with Gasteiger partial charge in [0.25, 0.3) is 0 Å². The molecule has 0 radical (unpaired) electrons. The van der Waals surface area contributed by atoms with E-state index in [4.69, 9.17) is 4.74 Å². The van der Waals surface area contributed by atoms with Gasteiger partial charge < -0.3 is 9.84 Å². The van der Waals surface area contributed by atoms with E-state index in [-0.39, 0.29) is 17.5 Å². The van der Waals surface area contributed by atoms with Crippen LogP contribution in [-0.4, -0.2) is 17.2 Å². The molecule has 0 unspecified atom stereocenters. The van der Waals surface area contributed by atoms with E-state index in [9.17, 15) is 9.90 Å². The van der Waals surface area contributed by atoms with Crippen molar-refractivity contribution in [3.05, 3.63) is 65.2 Å². The SMILES string of the molecule is C[C@@]12CC[C@@H]3c4ccc(OC(=O)c5ccccc5)cc4CC[C@@H]3[C@@H]1CC[C@@H]2O. The van der Waals surface area contributed by atoms with Crippen LogP contribution in [-0.2, 0) is 6.42 Å². The zero-order chi connectivity index (χ0) is 19.3. The maximum absolute atomic E-state index is 12.4. The lowest BCUT2D eigenvalue weighted by Gasteiger charge is -2.50. The van der Waals surface area contributed by atoms with Crippen molar-refractivity contribution in [1.82, 2.24) is 0 Å². The third-order valence-corrected chi connectivity index (χ3v) is 7.87. The summed E-state index contributed by atoms with van der Waals surface area (Å²) in [7, 11) is 0. The number of esters is 1. The van der Waals surface area contributed by atoms with Crippen molar-refractivity contribution in [2.45, 2.75) is 57.5 Å². The summed E-state index contributed by atoms with van der Waals surface area (Å²) in [6, 6.07) is 15.4. The highest BCUT2D eigenvalue weighted by atomic mass is 16.5. The van der Waals surface area contributed by atoms with Gasteiger partial charge in [0.05, 0.1) is 11.7 Å². The fraction of sp³-hybridized carbons (Fsp3) is 0.480. The average Bonchev–Trinajstić information content (AvgIpc) is 3.03. The Morgan fingerprint density at radius 3 is 2.71 bits per heavy atom. The van der Waals surface area contributed by atoms with Gasteiger partial charge >= 0.3 is 5.97 Å². The number of carbonyl (C=O) groups excluding carboxylic acids is 1. The summed E-state index contributed by atoms with van der Waals surface area (Å²) >= 11 is 0. The van der Waals surface area contributed by atoms with Crippen LogP contribution in [0.2, 0.25) is 0 Å². The van der Waals surface area contributed by atoms with Crippen molar-refractivity contribution >= 4 is 5.97 Å². The number of fused-ring (bicyclic) bond motifs is 5. The van der Waals surface area contributed by atoms with Gasteiger partial charge in [-0.25, -0.2) is 4.79 Å². The number of rotatable bonds is 2. The Kier molecular flexibility index (Phi) is 4.31. The zero-order valence-electron chi connectivity index (χ0n) is 16.4. The molecule has 2 saturated carbocycles. The molecule has 3 nitrogen and oxygen atoms in total. The molecule has 2 aromatic carbocycles. The van der Waals surface area contributed by atoms with E-state index in [0.717, 1.165) is 25.7 Å². The molecule has 2 aromatic rings. The lowest BCUT2D eigenvalue weighted by molar-refractivity contribution is -0.0226. The van der Waals surface area contributed by atoms with Crippen LogP contribution < -0.4 is 4.74 Å². The Morgan fingerprint density at radius 2 is 1.89 bits per heavy atom. The van der Waals surface area contributed by atoms with Crippen LogP contribution >= 0.6 is 0 Å². The predicted molar refractivity (Wildman–Crippen MR) is 108 cm³/mol. The van der Waals surface area contributed by atoms with Gasteiger partial charge in [-0.05, 0) is 97.1 Å². The maximum atomic E-state index is 12.4. The number of hydrogen-bond acceptors (Lipinski definition) is 3. The van der Waals surface area contributed by atoms with Gasteiger partial charge in [0.1, 0.15) is 5.75 Å². The minimum Gasteiger partial charge on any atom is -0.423 e. The van der Waals surface area contributed by atoms with Crippen LogP contribution in [0, 0.1) is 17.3 Å². The highest BCUT2D eigenvalue weighted by Gasteiger charge is 2.54.